The Kier molecular flexibility index (Phi) is 5.55. The zero-order chi connectivity index (χ0) is 15.9. The van der Waals surface area contributed by atoms with E-state index in [2.05, 4.69) is 10.1 Å². The maximum Gasteiger partial charge on any atom is 0.337 e. The van der Waals surface area contributed by atoms with Crippen molar-refractivity contribution in [1.29, 1.82) is 0 Å². The van der Waals surface area contributed by atoms with E-state index in [1.807, 2.05) is 17.5 Å². The number of carbonyl (C=O) groups is 2. The molecule has 1 heterocycles. The third-order valence-electron chi connectivity index (χ3n) is 3.13. The van der Waals surface area contributed by atoms with Gasteiger partial charge >= 0.3 is 5.97 Å². The second-order valence-corrected chi connectivity index (χ2v) is 5.79. The number of esters is 1. The lowest BCUT2D eigenvalue weighted by atomic mass is 10.2. The predicted molar refractivity (Wildman–Crippen MR) is 87.1 cm³/mol. The number of nitrogens with zero attached hydrogens (tertiary/aromatic N) is 1. The summed E-state index contributed by atoms with van der Waals surface area (Å²) in [6.07, 6.45) is 0. The number of ether oxygens (including phenoxy) is 1. The summed E-state index contributed by atoms with van der Waals surface area (Å²) in [5.74, 6) is -0.415. The van der Waals surface area contributed by atoms with Gasteiger partial charge in [-0.25, -0.2) is 4.79 Å². The molecule has 0 saturated carbocycles. The number of thiophene rings is 1. The van der Waals surface area contributed by atoms with Crippen LogP contribution in [0.1, 0.15) is 15.2 Å². The molecule has 1 amide bonds. The lowest BCUT2D eigenvalue weighted by Crippen LogP contribution is -2.31. The van der Waals surface area contributed by atoms with Crippen molar-refractivity contribution in [2.75, 3.05) is 26.0 Å². The van der Waals surface area contributed by atoms with Crippen molar-refractivity contribution in [3.8, 4) is 0 Å². The summed E-state index contributed by atoms with van der Waals surface area (Å²) in [4.78, 5) is 26.4. The molecule has 6 heteroatoms. The number of nitrogens with one attached hydrogen (secondary N) is 1. The molecule has 0 bridgehead atoms. The van der Waals surface area contributed by atoms with E-state index in [1.54, 1.807) is 47.5 Å². The molecule has 0 atom stereocenters. The van der Waals surface area contributed by atoms with Gasteiger partial charge in [0.05, 0.1) is 25.8 Å². The molecule has 0 radical (unpaired) electrons. The quantitative estimate of drug-likeness (QED) is 0.832. The predicted octanol–water partition coefficient (Wildman–Crippen LogP) is 2.61. The molecule has 0 aliphatic heterocycles. The number of hydrogen-bond donors (Lipinski definition) is 1. The number of carbonyl (C=O) groups excluding carboxylic acids is 2. The van der Waals surface area contributed by atoms with Gasteiger partial charge in [-0.15, -0.1) is 11.3 Å². The van der Waals surface area contributed by atoms with Crippen LogP contribution in [0.5, 0.6) is 0 Å². The fourth-order valence-corrected chi connectivity index (χ4v) is 2.67. The van der Waals surface area contributed by atoms with Crippen LogP contribution in [-0.4, -0.2) is 37.5 Å². The number of amides is 1. The van der Waals surface area contributed by atoms with Crippen LogP contribution < -0.4 is 5.32 Å². The van der Waals surface area contributed by atoms with Gasteiger partial charge in [-0.05, 0) is 29.6 Å². The van der Waals surface area contributed by atoms with Gasteiger partial charge < -0.3 is 15.0 Å². The van der Waals surface area contributed by atoms with Crippen LogP contribution in [0.4, 0.5) is 5.69 Å². The fraction of sp³-hybridized carbons (Fsp3) is 0.250. The van der Waals surface area contributed by atoms with Crippen LogP contribution in [0, 0.1) is 0 Å². The van der Waals surface area contributed by atoms with Crippen molar-refractivity contribution in [3.63, 3.8) is 0 Å². The Morgan fingerprint density at radius 2 is 2.09 bits per heavy atom. The Balaban J connectivity index is 1.89. The van der Waals surface area contributed by atoms with Gasteiger partial charge in [-0.1, -0.05) is 12.1 Å². The molecule has 0 fully saturated rings. The number of hydrogen-bond acceptors (Lipinski definition) is 5. The smallest absolute Gasteiger partial charge is 0.337 e. The first-order valence-corrected chi connectivity index (χ1v) is 7.66. The van der Waals surface area contributed by atoms with Crippen molar-refractivity contribution >= 4 is 28.9 Å². The molecule has 0 aliphatic rings. The molecule has 0 unspecified atom stereocenters. The maximum atomic E-state index is 12.1. The zero-order valence-electron chi connectivity index (χ0n) is 12.5. The summed E-state index contributed by atoms with van der Waals surface area (Å²) < 4.78 is 4.67. The molecule has 1 N–H and O–H groups in total. The average molecular weight is 318 g/mol. The highest BCUT2D eigenvalue weighted by molar-refractivity contribution is 7.09. The van der Waals surface area contributed by atoms with E-state index in [0.29, 0.717) is 17.8 Å². The molecule has 0 saturated heterocycles. The summed E-state index contributed by atoms with van der Waals surface area (Å²) in [6, 6.07) is 10.9. The zero-order valence-corrected chi connectivity index (χ0v) is 13.4. The van der Waals surface area contributed by atoms with Gasteiger partial charge in [0, 0.05) is 17.6 Å². The third-order valence-corrected chi connectivity index (χ3v) is 3.99. The number of likely N-dealkylation sites (N-methyl/N-ethyl adjacent to an activating group) is 1. The number of anilines is 1. The van der Waals surface area contributed by atoms with E-state index >= 15 is 0 Å². The lowest BCUT2D eigenvalue weighted by molar-refractivity contribution is -0.128. The molecular formula is C16H18N2O3S. The standard InChI is InChI=1S/C16H18N2O3S/c1-18(11-14-7-4-8-22-14)15(19)10-17-13-6-3-5-12(9-13)16(20)21-2/h3-9,17H,10-11H2,1-2H3. The van der Waals surface area contributed by atoms with E-state index in [4.69, 9.17) is 0 Å². The van der Waals surface area contributed by atoms with Crippen LogP contribution in [0.3, 0.4) is 0 Å². The van der Waals surface area contributed by atoms with E-state index in [0.717, 1.165) is 4.88 Å². The van der Waals surface area contributed by atoms with Gasteiger partial charge in [0.1, 0.15) is 0 Å². The number of benzene rings is 1. The van der Waals surface area contributed by atoms with Crippen molar-refractivity contribution in [1.82, 2.24) is 4.90 Å². The van der Waals surface area contributed by atoms with Crippen molar-refractivity contribution < 1.29 is 14.3 Å². The first kappa shape index (κ1) is 16.0. The Morgan fingerprint density at radius 3 is 2.77 bits per heavy atom. The summed E-state index contributed by atoms with van der Waals surface area (Å²) in [5.41, 5.74) is 1.16. The monoisotopic (exact) mass is 318 g/mol. The minimum Gasteiger partial charge on any atom is -0.465 e. The summed E-state index contributed by atoms with van der Waals surface area (Å²) in [7, 11) is 3.11. The van der Waals surface area contributed by atoms with Crippen LogP contribution in [0.15, 0.2) is 41.8 Å². The van der Waals surface area contributed by atoms with Crippen molar-refractivity contribution in [3.05, 3.63) is 52.2 Å². The largest absolute Gasteiger partial charge is 0.465 e. The second-order valence-electron chi connectivity index (χ2n) is 4.76. The summed E-state index contributed by atoms with van der Waals surface area (Å²) >= 11 is 1.63. The van der Waals surface area contributed by atoms with Crippen LogP contribution in [0.25, 0.3) is 0 Å². The molecule has 5 nitrogen and oxygen atoms in total. The van der Waals surface area contributed by atoms with Gasteiger partial charge in [0.25, 0.3) is 0 Å². The Hall–Kier alpha value is -2.34. The Bertz CT molecular complexity index is 641. The molecule has 116 valence electrons. The first-order chi connectivity index (χ1) is 10.6. The molecule has 0 spiro atoms. The van der Waals surface area contributed by atoms with Crippen LogP contribution in [0.2, 0.25) is 0 Å². The topological polar surface area (TPSA) is 58.6 Å². The second kappa shape index (κ2) is 7.61. The average Bonchev–Trinajstić information content (AvgIpc) is 3.05. The minimum atomic E-state index is -0.398. The minimum absolute atomic E-state index is 0.0168. The maximum absolute atomic E-state index is 12.1. The van der Waals surface area contributed by atoms with E-state index in [9.17, 15) is 9.59 Å². The van der Waals surface area contributed by atoms with Crippen LogP contribution in [-0.2, 0) is 16.1 Å². The third kappa shape index (κ3) is 4.33. The lowest BCUT2D eigenvalue weighted by Gasteiger charge is -2.17. The highest BCUT2D eigenvalue weighted by Gasteiger charge is 2.10. The van der Waals surface area contributed by atoms with E-state index in [1.165, 1.54) is 7.11 Å². The Labute approximate surface area is 133 Å². The molecule has 22 heavy (non-hydrogen) atoms. The van der Waals surface area contributed by atoms with Crippen molar-refractivity contribution in [2.45, 2.75) is 6.54 Å². The van der Waals surface area contributed by atoms with Gasteiger partial charge in [-0.3, -0.25) is 4.79 Å². The molecule has 1 aromatic heterocycles. The van der Waals surface area contributed by atoms with Gasteiger partial charge in [0.15, 0.2) is 0 Å². The number of rotatable bonds is 6. The summed E-state index contributed by atoms with van der Waals surface area (Å²) in [5, 5.41) is 5.02. The molecule has 1 aromatic carbocycles. The highest BCUT2D eigenvalue weighted by atomic mass is 32.1. The fourth-order valence-electron chi connectivity index (χ4n) is 1.91. The SMILES string of the molecule is COC(=O)c1cccc(NCC(=O)N(C)Cc2cccs2)c1. The van der Waals surface area contributed by atoms with E-state index < -0.39 is 5.97 Å². The first-order valence-electron chi connectivity index (χ1n) is 6.78. The van der Waals surface area contributed by atoms with Gasteiger partial charge in [-0.2, -0.15) is 0 Å². The van der Waals surface area contributed by atoms with Crippen molar-refractivity contribution in [2.24, 2.45) is 0 Å². The molecule has 2 rings (SSSR count). The number of methoxy groups -OCH3 is 1. The highest BCUT2D eigenvalue weighted by Crippen LogP contribution is 2.13. The Morgan fingerprint density at radius 1 is 1.27 bits per heavy atom. The van der Waals surface area contributed by atoms with Gasteiger partial charge in [0.2, 0.25) is 5.91 Å². The van der Waals surface area contributed by atoms with Crippen LogP contribution >= 0.6 is 11.3 Å². The normalized spacial score (nSPS) is 10.1. The molecule has 2 aromatic rings. The summed E-state index contributed by atoms with van der Waals surface area (Å²) in [6.45, 7) is 0.771. The van der Waals surface area contributed by atoms with E-state index in [-0.39, 0.29) is 12.5 Å². The molecular weight excluding hydrogens is 300 g/mol. The molecule has 0 aliphatic carbocycles.